The molecule has 4 heterocycles. The summed E-state index contributed by atoms with van der Waals surface area (Å²) in [6.07, 6.45) is 1.59. The second kappa shape index (κ2) is 23.4. The summed E-state index contributed by atoms with van der Waals surface area (Å²) in [5.41, 5.74) is -0.408. The second-order valence-corrected chi connectivity index (χ2v) is 21.1. The summed E-state index contributed by atoms with van der Waals surface area (Å²) in [6.45, 7) is 15.3. The zero-order valence-electron chi connectivity index (χ0n) is 34.2. The van der Waals surface area contributed by atoms with Gasteiger partial charge in [-0.3, -0.25) is 22.6 Å². The van der Waals surface area contributed by atoms with Crippen molar-refractivity contribution in [3.8, 4) is 0 Å². The predicted octanol–water partition coefficient (Wildman–Crippen LogP) is 8.04. The number of hydrogen-bond acceptors (Lipinski definition) is 12. The Hall–Kier alpha value is 0.570. The molecule has 0 radical (unpaired) electrons. The molecule has 0 saturated carbocycles. The number of halogens is 1. The van der Waals surface area contributed by atoms with Gasteiger partial charge in [-0.2, -0.15) is 0 Å². The summed E-state index contributed by atoms with van der Waals surface area (Å²) < 4.78 is 62.3. The Balaban J connectivity index is 0.000000313. The van der Waals surface area contributed by atoms with Crippen LogP contribution in [-0.2, 0) is 41.2 Å². The third-order valence-electron chi connectivity index (χ3n) is 10.2. The van der Waals surface area contributed by atoms with E-state index in [0.29, 0.717) is 44.2 Å². The van der Waals surface area contributed by atoms with Crippen LogP contribution in [0.5, 0.6) is 0 Å². The first kappa shape index (κ1) is 48.9. The average Bonchev–Trinajstić information content (AvgIpc) is 3.15. The van der Waals surface area contributed by atoms with Gasteiger partial charge in [-0.05, 0) is 60.8 Å². The molecule has 16 heteroatoms. The van der Waals surface area contributed by atoms with E-state index >= 15 is 0 Å². The summed E-state index contributed by atoms with van der Waals surface area (Å²) in [4.78, 5) is 2.25. The molecule has 0 bridgehead atoms. The fourth-order valence-corrected chi connectivity index (χ4v) is 11.7. The van der Waals surface area contributed by atoms with Gasteiger partial charge in [0, 0.05) is 32.9 Å². The maximum atomic E-state index is 12.9. The molecule has 1 N–H and O–H groups in total. The number of phosphoric ester groups is 1. The largest absolute Gasteiger partial charge is 1.00 e. The Morgan fingerprint density at radius 2 is 1.09 bits per heavy atom. The van der Waals surface area contributed by atoms with Crippen LogP contribution in [0.3, 0.4) is 0 Å². The van der Waals surface area contributed by atoms with E-state index in [-0.39, 0.29) is 77.9 Å². The molecular weight excluding hydrogens is 801 g/mol. The number of benzene rings is 2. The topological polar surface area (TPSA) is 119 Å². The summed E-state index contributed by atoms with van der Waals surface area (Å²) in [5.74, 6) is 1.69. The van der Waals surface area contributed by atoms with Crippen LogP contribution in [0.1, 0.15) is 69.7 Å². The summed E-state index contributed by atoms with van der Waals surface area (Å²) in [5, 5.41) is 10.3. The predicted molar refractivity (Wildman–Crippen MR) is 214 cm³/mol. The molecule has 4 aliphatic rings. The van der Waals surface area contributed by atoms with Gasteiger partial charge < -0.3 is 16.0 Å². The Labute approximate surface area is 360 Å². The van der Waals surface area contributed by atoms with Gasteiger partial charge in [-0.1, -0.05) is 115 Å². The van der Waals surface area contributed by atoms with Crippen LogP contribution < -0.4 is 29.6 Å². The minimum Gasteiger partial charge on any atom is -1.00 e. The molecule has 0 spiro atoms. The fraction of sp³-hybridized carbons (Fsp3) is 0.684. The molecule has 10 atom stereocenters. The standard InChI is InChI=1S/C19H29O5PS.C15H22O2S.C4H8ClO3P.Na.H/c1-5-17-14(3)15(4)18(24-25(20)21-11-13(2)12-22-25)19(23-17)26-16-9-7-6-8-10-16;1-4-13-10(2)11(3)14(16)15(17-13)18-12-8-6-5-7-9-12;1-4-2-7-9(5,6)8-3-4;;/h6-10,13-15,17-19H,5,11-12H2,1-4H3;5-11,13-16H,4H2,1-3H3;4H,2-3H2,1H3;;/q;;;+1;-1. The van der Waals surface area contributed by atoms with Crippen LogP contribution in [0.25, 0.3) is 0 Å². The van der Waals surface area contributed by atoms with Crippen molar-refractivity contribution in [3.63, 3.8) is 0 Å². The van der Waals surface area contributed by atoms with Crippen LogP contribution in [0.4, 0.5) is 0 Å². The number of ether oxygens (including phenoxy) is 2. The molecule has 2 aromatic carbocycles. The van der Waals surface area contributed by atoms with E-state index in [1.807, 2.05) is 62.4 Å². The number of thioether (sulfide) groups is 2. The Morgan fingerprint density at radius 1 is 0.685 bits per heavy atom. The molecule has 0 aliphatic carbocycles. The molecule has 10 nitrogen and oxygen atoms in total. The minimum atomic E-state index is -3.55. The van der Waals surface area contributed by atoms with E-state index in [0.717, 1.165) is 22.6 Å². The van der Waals surface area contributed by atoms with Crippen molar-refractivity contribution >= 4 is 49.5 Å². The third-order valence-corrected chi connectivity index (χ3v) is 15.4. The normalized spacial score (nSPS) is 39.4. The van der Waals surface area contributed by atoms with E-state index in [4.69, 9.17) is 34.3 Å². The van der Waals surface area contributed by atoms with E-state index < -0.39 is 20.9 Å². The van der Waals surface area contributed by atoms with E-state index in [1.165, 1.54) is 0 Å². The zero-order valence-corrected chi connectivity index (χ0v) is 39.3. The van der Waals surface area contributed by atoms with Gasteiger partial charge >= 0.3 is 44.3 Å². The summed E-state index contributed by atoms with van der Waals surface area (Å²) in [6, 6.07) is 20.2. The number of rotatable bonds is 8. The first-order valence-corrected chi connectivity index (χ1v) is 24.4. The first-order chi connectivity index (χ1) is 25.1. The molecule has 4 saturated heterocycles. The molecule has 6 rings (SSSR count). The van der Waals surface area contributed by atoms with Crippen LogP contribution in [0.15, 0.2) is 70.5 Å². The smallest absolute Gasteiger partial charge is 1.00 e. The maximum absolute atomic E-state index is 12.9. The maximum Gasteiger partial charge on any atom is 1.00 e. The van der Waals surface area contributed by atoms with Crippen LogP contribution in [0, 0.1) is 35.5 Å². The van der Waals surface area contributed by atoms with Gasteiger partial charge in [-0.25, -0.2) is 9.13 Å². The van der Waals surface area contributed by atoms with Crippen molar-refractivity contribution in [3.05, 3.63) is 60.7 Å². The SMILES string of the molecule is CC1COP(=O)(Cl)OC1.CCC1OC(Sc2ccccc2)C(O)C(C)C1C.CCC1OC(Sc2ccccc2)C(OP2(=O)OCC(C)CO2)C(C)C1C.[H-].[Na+]. The fourth-order valence-electron chi connectivity index (χ4n) is 6.32. The Bertz CT molecular complexity index is 1450. The Kier molecular flexibility index (Phi) is 21.2. The van der Waals surface area contributed by atoms with Gasteiger partial charge in [0.05, 0.1) is 44.7 Å². The molecule has 54 heavy (non-hydrogen) atoms. The third kappa shape index (κ3) is 14.7. The zero-order chi connectivity index (χ0) is 38.8. The van der Waals surface area contributed by atoms with Crippen LogP contribution >= 0.6 is 49.5 Å². The van der Waals surface area contributed by atoms with E-state index in [9.17, 15) is 14.2 Å². The van der Waals surface area contributed by atoms with E-state index in [2.05, 4.69) is 62.7 Å². The minimum absolute atomic E-state index is 0. The molecule has 10 unspecified atom stereocenters. The monoisotopic (exact) mass is 860 g/mol. The van der Waals surface area contributed by atoms with Gasteiger partial charge in [-0.15, -0.1) is 0 Å². The van der Waals surface area contributed by atoms with Crippen molar-refractivity contribution in [1.29, 1.82) is 0 Å². The molecule has 0 aromatic heterocycles. The first-order valence-electron chi connectivity index (χ1n) is 18.7. The van der Waals surface area contributed by atoms with Gasteiger partial charge in [0.25, 0.3) is 0 Å². The number of hydrogen-bond donors (Lipinski definition) is 1. The summed E-state index contributed by atoms with van der Waals surface area (Å²) >= 11 is 8.48. The summed E-state index contributed by atoms with van der Waals surface area (Å²) in [7, 11) is -3.55. The average molecular weight is 861 g/mol. The quantitative estimate of drug-likeness (QED) is 0.205. The van der Waals surface area contributed by atoms with Crippen molar-refractivity contribution < 1.29 is 77.3 Å². The molecule has 2 aromatic rings. The Morgan fingerprint density at radius 3 is 1.54 bits per heavy atom. The molecule has 4 aliphatic heterocycles. The molecular formula is C38H60ClNaO10P2S2. The van der Waals surface area contributed by atoms with E-state index in [1.54, 1.807) is 23.5 Å². The van der Waals surface area contributed by atoms with Crippen molar-refractivity contribution in [2.45, 2.75) is 113 Å². The molecule has 4 fully saturated rings. The number of aliphatic hydroxyl groups is 1. The van der Waals surface area contributed by atoms with Crippen molar-refractivity contribution in [2.24, 2.45) is 35.5 Å². The van der Waals surface area contributed by atoms with Crippen LogP contribution in [-0.4, -0.2) is 66.8 Å². The van der Waals surface area contributed by atoms with Crippen molar-refractivity contribution in [1.82, 2.24) is 0 Å². The second-order valence-electron chi connectivity index (χ2n) is 14.5. The van der Waals surface area contributed by atoms with Gasteiger partial charge in [0.1, 0.15) is 17.0 Å². The van der Waals surface area contributed by atoms with Crippen molar-refractivity contribution in [2.75, 3.05) is 26.4 Å². The number of phosphoric acid groups is 1. The number of aliphatic hydroxyl groups excluding tert-OH is 1. The molecule has 302 valence electrons. The van der Waals surface area contributed by atoms with Gasteiger partial charge in [0.2, 0.25) is 0 Å². The van der Waals surface area contributed by atoms with Gasteiger partial charge in [0.15, 0.2) is 0 Å². The van der Waals surface area contributed by atoms with Crippen LogP contribution in [0.2, 0.25) is 0 Å². The molecule has 0 amide bonds.